The van der Waals surface area contributed by atoms with Crippen molar-refractivity contribution in [2.75, 3.05) is 6.54 Å². The van der Waals surface area contributed by atoms with Crippen molar-refractivity contribution < 1.29 is 4.74 Å². The molecule has 0 atom stereocenters. The SMILES string of the molecule is CCNCc1cc(Oc2cc(C)nn2C)ccn1. The molecule has 0 unspecified atom stereocenters. The van der Waals surface area contributed by atoms with Crippen LogP contribution in [0.4, 0.5) is 0 Å². The lowest BCUT2D eigenvalue weighted by atomic mass is 10.3. The Kier molecular flexibility index (Phi) is 3.94. The summed E-state index contributed by atoms with van der Waals surface area (Å²) in [4.78, 5) is 4.28. The fourth-order valence-corrected chi connectivity index (χ4v) is 1.67. The molecule has 0 radical (unpaired) electrons. The summed E-state index contributed by atoms with van der Waals surface area (Å²) in [7, 11) is 1.86. The van der Waals surface area contributed by atoms with Crippen molar-refractivity contribution in [3.8, 4) is 11.6 Å². The van der Waals surface area contributed by atoms with Crippen molar-refractivity contribution in [3.63, 3.8) is 0 Å². The molecule has 2 aromatic rings. The van der Waals surface area contributed by atoms with E-state index in [0.29, 0.717) is 0 Å². The maximum Gasteiger partial charge on any atom is 0.217 e. The molecule has 0 aliphatic heterocycles. The number of nitrogens with one attached hydrogen (secondary N) is 1. The lowest BCUT2D eigenvalue weighted by Crippen LogP contribution is -2.12. The number of pyridine rings is 1. The van der Waals surface area contributed by atoms with Crippen LogP contribution in [0.3, 0.4) is 0 Å². The molecule has 0 bridgehead atoms. The topological polar surface area (TPSA) is 52.0 Å². The summed E-state index contributed by atoms with van der Waals surface area (Å²) in [6.45, 7) is 5.68. The van der Waals surface area contributed by atoms with Crippen LogP contribution in [0.25, 0.3) is 0 Å². The molecule has 18 heavy (non-hydrogen) atoms. The first-order valence-corrected chi connectivity index (χ1v) is 6.03. The smallest absolute Gasteiger partial charge is 0.217 e. The van der Waals surface area contributed by atoms with E-state index in [-0.39, 0.29) is 0 Å². The van der Waals surface area contributed by atoms with Gasteiger partial charge in [-0.25, -0.2) is 4.68 Å². The Morgan fingerprint density at radius 1 is 1.39 bits per heavy atom. The number of aryl methyl sites for hydroxylation is 2. The summed E-state index contributed by atoms with van der Waals surface area (Å²) in [6.07, 6.45) is 1.76. The van der Waals surface area contributed by atoms with Gasteiger partial charge in [-0.1, -0.05) is 6.92 Å². The largest absolute Gasteiger partial charge is 0.439 e. The number of rotatable bonds is 5. The fraction of sp³-hybridized carbons (Fsp3) is 0.385. The van der Waals surface area contributed by atoms with Gasteiger partial charge in [0.05, 0.1) is 11.4 Å². The highest BCUT2D eigenvalue weighted by molar-refractivity contribution is 5.28. The van der Waals surface area contributed by atoms with Crippen LogP contribution in [-0.4, -0.2) is 21.3 Å². The molecule has 96 valence electrons. The first-order chi connectivity index (χ1) is 8.69. The molecule has 0 aromatic carbocycles. The Hall–Kier alpha value is -1.88. The molecule has 2 aromatic heterocycles. The van der Waals surface area contributed by atoms with Crippen molar-refractivity contribution in [1.29, 1.82) is 0 Å². The second-order valence-corrected chi connectivity index (χ2v) is 4.11. The molecule has 0 aliphatic rings. The molecule has 0 amide bonds. The molecule has 1 N–H and O–H groups in total. The zero-order valence-electron chi connectivity index (χ0n) is 11.0. The first kappa shape index (κ1) is 12.6. The van der Waals surface area contributed by atoms with Gasteiger partial charge in [-0.15, -0.1) is 0 Å². The fourth-order valence-electron chi connectivity index (χ4n) is 1.67. The average molecular weight is 246 g/mol. The van der Waals surface area contributed by atoms with E-state index in [4.69, 9.17) is 4.74 Å². The van der Waals surface area contributed by atoms with Crippen molar-refractivity contribution in [2.24, 2.45) is 7.05 Å². The minimum absolute atomic E-state index is 0.730. The van der Waals surface area contributed by atoms with E-state index in [1.54, 1.807) is 10.9 Å². The van der Waals surface area contributed by atoms with Crippen LogP contribution in [0.1, 0.15) is 18.3 Å². The first-order valence-electron chi connectivity index (χ1n) is 6.03. The van der Waals surface area contributed by atoms with Crippen LogP contribution >= 0.6 is 0 Å². The highest BCUT2D eigenvalue weighted by atomic mass is 16.5. The lowest BCUT2D eigenvalue weighted by molar-refractivity contribution is 0.429. The van der Waals surface area contributed by atoms with E-state index < -0.39 is 0 Å². The monoisotopic (exact) mass is 246 g/mol. The summed E-state index contributed by atoms with van der Waals surface area (Å²) >= 11 is 0. The summed E-state index contributed by atoms with van der Waals surface area (Å²) in [5.41, 5.74) is 1.91. The van der Waals surface area contributed by atoms with Gasteiger partial charge in [-0.2, -0.15) is 5.10 Å². The number of hydrogen-bond donors (Lipinski definition) is 1. The third-order valence-corrected chi connectivity index (χ3v) is 2.53. The van der Waals surface area contributed by atoms with Gasteiger partial charge < -0.3 is 10.1 Å². The van der Waals surface area contributed by atoms with E-state index >= 15 is 0 Å². The highest BCUT2D eigenvalue weighted by Crippen LogP contribution is 2.21. The zero-order valence-corrected chi connectivity index (χ0v) is 11.0. The minimum Gasteiger partial charge on any atom is -0.439 e. The lowest BCUT2D eigenvalue weighted by Gasteiger charge is -2.07. The van der Waals surface area contributed by atoms with Crippen LogP contribution in [0.15, 0.2) is 24.4 Å². The molecule has 0 saturated carbocycles. The van der Waals surface area contributed by atoms with E-state index in [0.717, 1.165) is 36.1 Å². The zero-order chi connectivity index (χ0) is 13.0. The van der Waals surface area contributed by atoms with Crippen LogP contribution in [0.5, 0.6) is 11.6 Å². The van der Waals surface area contributed by atoms with Crippen LogP contribution < -0.4 is 10.1 Å². The van der Waals surface area contributed by atoms with Gasteiger partial charge in [0.15, 0.2) is 0 Å². The van der Waals surface area contributed by atoms with Crippen LogP contribution in [0, 0.1) is 6.92 Å². The molecule has 5 heteroatoms. The number of ether oxygens (including phenoxy) is 1. The Labute approximate surface area is 107 Å². The van der Waals surface area contributed by atoms with Crippen molar-refractivity contribution in [3.05, 3.63) is 35.8 Å². The predicted molar refractivity (Wildman–Crippen MR) is 69.6 cm³/mol. The van der Waals surface area contributed by atoms with E-state index in [9.17, 15) is 0 Å². The molecular formula is C13H18N4O. The van der Waals surface area contributed by atoms with Gasteiger partial charge >= 0.3 is 0 Å². The Morgan fingerprint density at radius 2 is 2.22 bits per heavy atom. The second-order valence-electron chi connectivity index (χ2n) is 4.11. The number of nitrogens with zero attached hydrogens (tertiary/aromatic N) is 3. The number of hydrogen-bond acceptors (Lipinski definition) is 4. The second kappa shape index (κ2) is 5.64. The standard InChI is InChI=1S/C13H18N4O/c1-4-14-9-11-8-12(5-6-15-11)18-13-7-10(2)16-17(13)3/h5-8,14H,4,9H2,1-3H3. The maximum absolute atomic E-state index is 5.78. The molecule has 2 rings (SSSR count). The molecule has 0 spiro atoms. The minimum atomic E-state index is 0.730. The Morgan fingerprint density at radius 3 is 2.89 bits per heavy atom. The van der Waals surface area contributed by atoms with E-state index in [1.807, 2.05) is 32.2 Å². The maximum atomic E-state index is 5.78. The van der Waals surface area contributed by atoms with E-state index in [1.165, 1.54) is 0 Å². The van der Waals surface area contributed by atoms with Gasteiger partial charge in [0.25, 0.3) is 0 Å². The van der Waals surface area contributed by atoms with Crippen LogP contribution in [0.2, 0.25) is 0 Å². The highest BCUT2D eigenvalue weighted by Gasteiger charge is 2.05. The molecule has 5 nitrogen and oxygen atoms in total. The van der Waals surface area contributed by atoms with Crippen molar-refractivity contribution in [2.45, 2.75) is 20.4 Å². The third kappa shape index (κ3) is 3.07. The van der Waals surface area contributed by atoms with Gasteiger partial charge in [0, 0.05) is 31.9 Å². The van der Waals surface area contributed by atoms with Gasteiger partial charge in [-0.3, -0.25) is 4.98 Å². The summed E-state index contributed by atoms with van der Waals surface area (Å²) in [6, 6.07) is 5.69. The average Bonchev–Trinajstić information content (AvgIpc) is 2.66. The van der Waals surface area contributed by atoms with E-state index in [2.05, 4.69) is 22.3 Å². The predicted octanol–water partition coefficient (Wildman–Crippen LogP) is 2.03. The molecule has 2 heterocycles. The quantitative estimate of drug-likeness (QED) is 0.877. The Bertz CT molecular complexity index is 521. The molecule has 0 aliphatic carbocycles. The number of aromatic nitrogens is 3. The van der Waals surface area contributed by atoms with Crippen molar-refractivity contribution >= 4 is 0 Å². The summed E-state index contributed by atoms with van der Waals surface area (Å²) in [5, 5.41) is 7.48. The van der Waals surface area contributed by atoms with Crippen molar-refractivity contribution in [1.82, 2.24) is 20.1 Å². The third-order valence-electron chi connectivity index (χ3n) is 2.53. The summed E-state index contributed by atoms with van der Waals surface area (Å²) in [5.74, 6) is 1.51. The van der Waals surface area contributed by atoms with Gasteiger partial charge in [0.1, 0.15) is 5.75 Å². The Balaban J connectivity index is 2.11. The van der Waals surface area contributed by atoms with Gasteiger partial charge in [-0.05, 0) is 19.5 Å². The summed E-state index contributed by atoms with van der Waals surface area (Å²) < 4.78 is 7.51. The molecule has 0 saturated heterocycles. The molecular weight excluding hydrogens is 228 g/mol. The van der Waals surface area contributed by atoms with Gasteiger partial charge in [0.2, 0.25) is 5.88 Å². The normalized spacial score (nSPS) is 10.6. The molecule has 0 fully saturated rings. The van der Waals surface area contributed by atoms with Crippen LogP contribution in [-0.2, 0) is 13.6 Å².